The zero-order valence-corrected chi connectivity index (χ0v) is 15.4. The van der Waals surface area contributed by atoms with Crippen LogP contribution >= 0.6 is 11.8 Å². The molecule has 136 valence electrons. The second-order valence-corrected chi connectivity index (χ2v) is 7.00. The number of aromatic nitrogens is 4. The highest BCUT2D eigenvalue weighted by atomic mass is 32.2. The first-order valence-electron chi connectivity index (χ1n) is 8.38. The van der Waals surface area contributed by atoms with E-state index in [1.54, 1.807) is 23.8 Å². The maximum atomic E-state index is 11.5. The highest BCUT2D eigenvalue weighted by molar-refractivity contribution is 8.00. The van der Waals surface area contributed by atoms with Crippen molar-refractivity contribution in [2.24, 2.45) is 0 Å². The van der Waals surface area contributed by atoms with E-state index in [1.165, 1.54) is 11.8 Å². The van der Waals surface area contributed by atoms with Crippen molar-refractivity contribution in [3.05, 3.63) is 36.4 Å². The van der Waals surface area contributed by atoms with E-state index in [0.717, 1.165) is 24.2 Å². The topological polar surface area (TPSA) is 89.6 Å². The van der Waals surface area contributed by atoms with E-state index in [2.05, 4.69) is 15.3 Å². The van der Waals surface area contributed by atoms with Crippen molar-refractivity contribution in [1.29, 1.82) is 0 Å². The Kier molecular flexibility index (Phi) is 5.72. The van der Waals surface area contributed by atoms with E-state index in [1.807, 2.05) is 31.2 Å². The minimum atomic E-state index is -0.815. The van der Waals surface area contributed by atoms with Crippen molar-refractivity contribution in [3.8, 4) is 17.1 Å². The molecule has 3 aromatic rings. The summed E-state index contributed by atoms with van der Waals surface area (Å²) in [5, 5.41) is 22.4. The van der Waals surface area contributed by atoms with Crippen molar-refractivity contribution in [2.45, 2.75) is 36.5 Å². The molecule has 0 fully saturated rings. The van der Waals surface area contributed by atoms with Crippen molar-refractivity contribution in [2.75, 3.05) is 7.11 Å². The quantitative estimate of drug-likeness (QED) is 0.605. The van der Waals surface area contributed by atoms with E-state index in [9.17, 15) is 9.90 Å². The van der Waals surface area contributed by atoms with Gasteiger partial charge in [-0.3, -0.25) is 4.79 Å². The van der Waals surface area contributed by atoms with E-state index in [0.29, 0.717) is 22.9 Å². The molecular weight excluding hydrogens is 352 g/mol. The molecule has 1 aromatic carbocycles. The SMILES string of the molecule is CCCCC(Sc1ccc2nnc(-c3ccc(OC)cc3)n2n1)C(=O)O. The molecule has 7 nitrogen and oxygen atoms in total. The largest absolute Gasteiger partial charge is 0.497 e. The molecule has 0 spiro atoms. The molecule has 1 atom stereocenters. The maximum absolute atomic E-state index is 11.5. The number of ether oxygens (including phenoxy) is 1. The summed E-state index contributed by atoms with van der Waals surface area (Å²) < 4.78 is 6.82. The first-order valence-corrected chi connectivity index (χ1v) is 9.26. The Morgan fingerprint density at radius 2 is 2.00 bits per heavy atom. The number of carboxylic acid groups (broad SMARTS) is 1. The third kappa shape index (κ3) is 3.96. The molecule has 0 aliphatic heterocycles. The van der Waals surface area contributed by atoms with E-state index < -0.39 is 11.2 Å². The second-order valence-electron chi connectivity index (χ2n) is 5.78. The third-order valence-electron chi connectivity index (χ3n) is 3.94. The molecule has 3 rings (SSSR count). The van der Waals surface area contributed by atoms with Crippen LogP contribution in [0.5, 0.6) is 5.75 Å². The number of carbonyl (C=O) groups is 1. The molecule has 2 aromatic heterocycles. The van der Waals surface area contributed by atoms with E-state index in [-0.39, 0.29) is 0 Å². The number of nitrogens with zero attached hydrogens (tertiary/aromatic N) is 4. The fourth-order valence-corrected chi connectivity index (χ4v) is 3.48. The van der Waals surface area contributed by atoms with E-state index in [4.69, 9.17) is 4.74 Å². The van der Waals surface area contributed by atoms with Crippen molar-refractivity contribution in [1.82, 2.24) is 19.8 Å². The smallest absolute Gasteiger partial charge is 0.317 e. The lowest BCUT2D eigenvalue weighted by atomic mass is 10.2. The highest BCUT2D eigenvalue weighted by Gasteiger charge is 2.20. The van der Waals surface area contributed by atoms with Crippen LogP contribution in [-0.2, 0) is 4.79 Å². The van der Waals surface area contributed by atoms with Crippen LogP contribution in [0.25, 0.3) is 17.0 Å². The van der Waals surface area contributed by atoms with Gasteiger partial charge in [-0.2, -0.15) is 9.61 Å². The van der Waals surface area contributed by atoms with Gasteiger partial charge in [0.2, 0.25) is 0 Å². The predicted molar refractivity (Wildman–Crippen MR) is 99.6 cm³/mol. The number of hydrogen-bond acceptors (Lipinski definition) is 6. The van der Waals surface area contributed by atoms with Gasteiger partial charge in [0.1, 0.15) is 16.0 Å². The summed E-state index contributed by atoms with van der Waals surface area (Å²) in [5.74, 6) is 0.544. The molecule has 0 bridgehead atoms. The summed E-state index contributed by atoms with van der Waals surface area (Å²) in [6.07, 6.45) is 2.45. The fourth-order valence-electron chi connectivity index (χ4n) is 2.52. The first kappa shape index (κ1) is 18.2. The standard InChI is InChI=1S/C18H20N4O3S/c1-3-4-5-14(18(23)24)26-16-11-10-15-19-20-17(22(15)21-16)12-6-8-13(25-2)9-7-12/h6-11,14H,3-5H2,1-2H3,(H,23,24). The number of hydrogen-bond donors (Lipinski definition) is 1. The number of fused-ring (bicyclic) bond motifs is 1. The Balaban J connectivity index is 1.90. The molecular formula is C18H20N4O3S. The molecule has 0 aliphatic carbocycles. The Morgan fingerprint density at radius 3 is 2.65 bits per heavy atom. The van der Waals surface area contributed by atoms with Crippen LogP contribution in [0.15, 0.2) is 41.4 Å². The van der Waals surface area contributed by atoms with Crippen molar-refractivity contribution >= 4 is 23.4 Å². The molecule has 1 unspecified atom stereocenters. The molecule has 0 amide bonds. The molecule has 1 N–H and O–H groups in total. The molecule has 0 radical (unpaired) electrons. The molecule has 26 heavy (non-hydrogen) atoms. The van der Waals surface area contributed by atoms with Gasteiger partial charge in [0.05, 0.1) is 7.11 Å². The van der Waals surface area contributed by atoms with Crippen LogP contribution in [0, 0.1) is 0 Å². The molecule has 8 heteroatoms. The van der Waals surface area contributed by atoms with Gasteiger partial charge >= 0.3 is 5.97 Å². The van der Waals surface area contributed by atoms with Crippen LogP contribution < -0.4 is 4.74 Å². The summed E-state index contributed by atoms with van der Waals surface area (Å²) in [4.78, 5) is 11.5. The molecule has 0 aliphatic rings. The van der Waals surface area contributed by atoms with Crippen molar-refractivity contribution in [3.63, 3.8) is 0 Å². The number of unbranched alkanes of at least 4 members (excludes halogenated alkanes) is 1. The van der Waals surface area contributed by atoms with Gasteiger partial charge in [0, 0.05) is 5.56 Å². The van der Waals surface area contributed by atoms with E-state index >= 15 is 0 Å². The van der Waals surface area contributed by atoms with Gasteiger partial charge < -0.3 is 9.84 Å². The third-order valence-corrected chi connectivity index (χ3v) is 5.13. The van der Waals surface area contributed by atoms with Gasteiger partial charge in [-0.1, -0.05) is 31.5 Å². The molecule has 0 saturated heterocycles. The van der Waals surface area contributed by atoms with Gasteiger partial charge in [-0.05, 0) is 42.8 Å². The Morgan fingerprint density at radius 1 is 1.23 bits per heavy atom. The lowest BCUT2D eigenvalue weighted by Gasteiger charge is -2.11. The predicted octanol–water partition coefficient (Wildman–Crippen LogP) is 3.54. The number of benzene rings is 1. The number of thioether (sulfide) groups is 1. The number of methoxy groups -OCH3 is 1. The van der Waals surface area contributed by atoms with Crippen molar-refractivity contribution < 1.29 is 14.6 Å². The van der Waals surface area contributed by atoms with Gasteiger partial charge in [-0.15, -0.1) is 10.2 Å². The molecule has 0 saturated carbocycles. The normalized spacial score (nSPS) is 12.2. The second kappa shape index (κ2) is 8.18. The van der Waals surface area contributed by atoms with Crippen LogP contribution in [0.2, 0.25) is 0 Å². The number of aliphatic carboxylic acids is 1. The Labute approximate surface area is 155 Å². The summed E-state index contributed by atoms with van der Waals surface area (Å²) >= 11 is 1.26. The first-order chi connectivity index (χ1) is 12.6. The van der Waals surface area contributed by atoms with Crippen LogP contribution in [0.4, 0.5) is 0 Å². The minimum absolute atomic E-state index is 0.513. The summed E-state index contributed by atoms with van der Waals surface area (Å²) in [6.45, 7) is 2.05. The lowest BCUT2D eigenvalue weighted by Crippen LogP contribution is -2.16. The number of rotatable bonds is 8. The lowest BCUT2D eigenvalue weighted by molar-refractivity contribution is -0.136. The van der Waals surface area contributed by atoms with Crippen LogP contribution in [0.3, 0.4) is 0 Å². The van der Waals surface area contributed by atoms with Gasteiger partial charge in [-0.25, -0.2) is 0 Å². The average Bonchev–Trinajstić information content (AvgIpc) is 3.08. The fraction of sp³-hybridized carbons (Fsp3) is 0.333. The van der Waals surface area contributed by atoms with Crippen LogP contribution in [0.1, 0.15) is 26.2 Å². The minimum Gasteiger partial charge on any atom is -0.497 e. The average molecular weight is 372 g/mol. The Bertz CT molecular complexity index is 895. The van der Waals surface area contributed by atoms with Gasteiger partial charge in [0.25, 0.3) is 0 Å². The highest BCUT2D eigenvalue weighted by Crippen LogP contribution is 2.27. The number of carboxylic acids is 1. The zero-order valence-electron chi connectivity index (χ0n) is 14.6. The zero-order chi connectivity index (χ0) is 18.5. The maximum Gasteiger partial charge on any atom is 0.317 e. The monoisotopic (exact) mass is 372 g/mol. The summed E-state index contributed by atoms with van der Waals surface area (Å²) in [6, 6.07) is 11.1. The summed E-state index contributed by atoms with van der Waals surface area (Å²) in [7, 11) is 1.62. The molecule has 2 heterocycles. The van der Waals surface area contributed by atoms with Crippen LogP contribution in [-0.4, -0.2) is 43.2 Å². The van der Waals surface area contributed by atoms with Gasteiger partial charge in [0.15, 0.2) is 11.5 Å². The Hall–Kier alpha value is -2.61. The summed E-state index contributed by atoms with van der Waals surface area (Å²) in [5.41, 5.74) is 1.47.